The van der Waals surface area contributed by atoms with E-state index in [0.29, 0.717) is 6.07 Å². The molecular weight excluding hydrogens is 422 g/mol. The Hall–Kier alpha value is -2.78. The first-order chi connectivity index (χ1) is 13.1. The highest BCUT2D eigenvalue weighted by Crippen LogP contribution is 2.31. The van der Waals surface area contributed by atoms with Gasteiger partial charge in [-0.1, -0.05) is 35.3 Å². The molecule has 28 heavy (non-hydrogen) atoms. The van der Waals surface area contributed by atoms with Crippen molar-refractivity contribution in [2.45, 2.75) is 6.18 Å². The zero-order chi connectivity index (χ0) is 20.9. The average molecular weight is 434 g/mol. The first-order valence-corrected chi connectivity index (χ1v) is 8.34. The van der Waals surface area contributed by atoms with E-state index in [9.17, 15) is 27.6 Å². The number of alkyl halides is 3. The third kappa shape index (κ3) is 5.86. The Balaban J connectivity index is 1.90. The van der Waals surface area contributed by atoms with Crippen LogP contribution in [0.2, 0.25) is 10.0 Å². The van der Waals surface area contributed by atoms with Crippen LogP contribution in [0.4, 0.5) is 24.5 Å². The molecule has 3 amide bonds. The minimum Gasteiger partial charge on any atom is -0.339 e. The van der Waals surface area contributed by atoms with Gasteiger partial charge in [0.15, 0.2) is 0 Å². The van der Waals surface area contributed by atoms with Crippen LogP contribution in [-0.2, 0) is 20.6 Å². The zero-order valence-electron chi connectivity index (χ0n) is 13.9. The summed E-state index contributed by atoms with van der Waals surface area (Å²) in [5.74, 6) is -3.12. The molecule has 3 N–H and O–H groups in total. The molecule has 0 saturated carbocycles. The molecular formula is C17H12Cl2F3N3O3. The maximum atomic E-state index is 12.7. The standard InChI is InChI=1S/C17H12Cl2F3N3O3/c18-11-5-2-6-12(14(11)19)25-13(26)8-23-15(27)16(28)24-10-4-1-3-9(7-10)17(20,21)22/h1-7H,8H2,(H,23,27)(H,24,28)(H,25,26). The predicted octanol–water partition coefficient (Wildman–Crippen LogP) is 3.71. The molecule has 2 rings (SSSR count). The third-order valence-corrected chi connectivity index (χ3v) is 4.11. The van der Waals surface area contributed by atoms with E-state index in [1.165, 1.54) is 18.2 Å². The third-order valence-electron chi connectivity index (χ3n) is 3.29. The molecule has 0 atom stereocenters. The minimum absolute atomic E-state index is 0.103. The fraction of sp³-hybridized carbons (Fsp3) is 0.118. The predicted molar refractivity (Wildman–Crippen MR) is 98.2 cm³/mol. The van der Waals surface area contributed by atoms with Crippen LogP contribution in [-0.4, -0.2) is 24.3 Å². The van der Waals surface area contributed by atoms with Crippen LogP contribution in [0, 0.1) is 0 Å². The van der Waals surface area contributed by atoms with Gasteiger partial charge in [-0.25, -0.2) is 0 Å². The second-order valence-electron chi connectivity index (χ2n) is 5.36. The smallest absolute Gasteiger partial charge is 0.339 e. The topological polar surface area (TPSA) is 87.3 Å². The number of hydrogen-bond acceptors (Lipinski definition) is 3. The Morgan fingerprint density at radius 2 is 1.61 bits per heavy atom. The molecule has 0 unspecified atom stereocenters. The second-order valence-corrected chi connectivity index (χ2v) is 6.15. The second kappa shape index (κ2) is 8.94. The number of rotatable bonds is 4. The van der Waals surface area contributed by atoms with Crippen LogP contribution in [0.1, 0.15) is 5.56 Å². The van der Waals surface area contributed by atoms with Gasteiger partial charge in [-0.15, -0.1) is 0 Å². The largest absolute Gasteiger partial charge is 0.416 e. The summed E-state index contributed by atoms with van der Waals surface area (Å²) in [6.45, 7) is -0.572. The number of hydrogen-bond donors (Lipinski definition) is 3. The van der Waals surface area contributed by atoms with Crippen molar-refractivity contribution in [1.29, 1.82) is 0 Å². The molecule has 2 aromatic carbocycles. The van der Waals surface area contributed by atoms with Crippen molar-refractivity contribution < 1.29 is 27.6 Å². The fourth-order valence-electron chi connectivity index (χ4n) is 2.00. The van der Waals surface area contributed by atoms with Crippen LogP contribution >= 0.6 is 23.2 Å². The average Bonchev–Trinajstić information content (AvgIpc) is 2.63. The molecule has 148 valence electrons. The summed E-state index contributed by atoms with van der Waals surface area (Å²) in [7, 11) is 0. The van der Waals surface area contributed by atoms with Crippen molar-refractivity contribution in [2.24, 2.45) is 0 Å². The van der Waals surface area contributed by atoms with Crippen molar-refractivity contribution in [2.75, 3.05) is 17.2 Å². The highest BCUT2D eigenvalue weighted by atomic mass is 35.5. The SMILES string of the molecule is O=C(CNC(=O)C(=O)Nc1cccc(C(F)(F)F)c1)Nc1cccc(Cl)c1Cl. The number of carbonyl (C=O) groups excluding carboxylic acids is 3. The summed E-state index contributed by atoms with van der Waals surface area (Å²) in [6, 6.07) is 8.31. The van der Waals surface area contributed by atoms with Gasteiger partial charge in [0.05, 0.1) is 27.8 Å². The van der Waals surface area contributed by atoms with E-state index < -0.39 is 36.0 Å². The van der Waals surface area contributed by atoms with Crippen molar-refractivity contribution in [3.8, 4) is 0 Å². The molecule has 6 nitrogen and oxygen atoms in total. The first kappa shape index (κ1) is 21.5. The highest BCUT2D eigenvalue weighted by molar-refractivity contribution is 6.44. The van der Waals surface area contributed by atoms with Gasteiger partial charge in [-0.05, 0) is 30.3 Å². The molecule has 11 heteroatoms. The molecule has 0 aliphatic heterocycles. The van der Waals surface area contributed by atoms with Crippen molar-refractivity contribution in [1.82, 2.24) is 5.32 Å². The van der Waals surface area contributed by atoms with E-state index in [1.54, 1.807) is 6.07 Å². The number of halogens is 5. The molecule has 0 aliphatic rings. The van der Waals surface area contributed by atoms with Crippen LogP contribution in [0.25, 0.3) is 0 Å². The van der Waals surface area contributed by atoms with Gasteiger partial charge < -0.3 is 16.0 Å². The zero-order valence-corrected chi connectivity index (χ0v) is 15.4. The Bertz CT molecular complexity index is 920. The molecule has 0 saturated heterocycles. The van der Waals surface area contributed by atoms with Crippen molar-refractivity contribution in [3.63, 3.8) is 0 Å². The highest BCUT2D eigenvalue weighted by Gasteiger charge is 2.30. The Morgan fingerprint density at radius 3 is 2.29 bits per heavy atom. The Kier molecular flexibility index (Phi) is 6.87. The summed E-state index contributed by atoms with van der Waals surface area (Å²) < 4.78 is 38.0. The van der Waals surface area contributed by atoms with E-state index in [-0.39, 0.29) is 21.4 Å². The van der Waals surface area contributed by atoms with Crippen LogP contribution < -0.4 is 16.0 Å². The lowest BCUT2D eigenvalue weighted by atomic mass is 10.2. The van der Waals surface area contributed by atoms with Crippen LogP contribution in [0.3, 0.4) is 0 Å². The minimum atomic E-state index is -4.59. The molecule has 0 spiro atoms. The number of anilines is 2. The van der Waals surface area contributed by atoms with E-state index in [2.05, 4.69) is 5.32 Å². The summed E-state index contributed by atoms with van der Waals surface area (Å²) >= 11 is 11.7. The van der Waals surface area contributed by atoms with Gasteiger partial charge in [0.1, 0.15) is 0 Å². The lowest BCUT2D eigenvalue weighted by Gasteiger charge is -2.10. The molecule has 0 fully saturated rings. The Labute approximate surface area is 167 Å². The Morgan fingerprint density at radius 1 is 0.929 bits per heavy atom. The summed E-state index contributed by atoms with van der Waals surface area (Å²) in [5.41, 5.74) is -0.990. The van der Waals surface area contributed by atoms with Crippen LogP contribution in [0.15, 0.2) is 42.5 Å². The maximum absolute atomic E-state index is 12.7. The van der Waals surface area contributed by atoms with Gasteiger partial charge in [0, 0.05) is 5.69 Å². The monoisotopic (exact) mass is 433 g/mol. The van der Waals surface area contributed by atoms with E-state index >= 15 is 0 Å². The number of nitrogens with one attached hydrogen (secondary N) is 3. The summed E-state index contributed by atoms with van der Waals surface area (Å²) in [5, 5.41) is 6.77. The number of amides is 3. The summed E-state index contributed by atoms with van der Waals surface area (Å²) in [6.07, 6.45) is -4.59. The summed E-state index contributed by atoms with van der Waals surface area (Å²) in [4.78, 5) is 35.3. The van der Waals surface area contributed by atoms with E-state index in [1.807, 2.05) is 10.6 Å². The van der Waals surface area contributed by atoms with Gasteiger partial charge in [0.25, 0.3) is 0 Å². The normalized spacial score (nSPS) is 10.9. The van der Waals surface area contributed by atoms with E-state index in [0.717, 1.165) is 12.1 Å². The fourth-order valence-corrected chi connectivity index (χ4v) is 2.34. The molecule has 0 aromatic heterocycles. The van der Waals surface area contributed by atoms with Crippen LogP contribution in [0.5, 0.6) is 0 Å². The van der Waals surface area contributed by atoms with Gasteiger partial charge in [-0.2, -0.15) is 13.2 Å². The maximum Gasteiger partial charge on any atom is 0.416 e. The van der Waals surface area contributed by atoms with Crippen molar-refractivity contribution in [3.05, 3.63) is 58.1 Å². The van der Waals surface area contributed by atoms with Gasteiger partial charge in [-0.3, -0.25) is 14.4 Å². The van der Waals surface area contributed by atoms with Crippen molar-refractivity contribution >= 4 is 52.3 Å². The molecule has 0 heterocycles. The van der Waals surface area contributed by atoms with E-state index in [4.69, 9.17) is 23.2 Å². The lowest BCUT2D eigenvalue weighted by molar-refractivity contribution is -0.137. The first-order valence-electron chi connectivity index (χ1n) is 7.58. The quantitative estimate of drug-likeness (QED) is 0.642. The molecule has 0 radical (unpaired) electrons. The number of benzene rings is 2. The molecule has 0 bridgehead atoms. The molecule has 2 aromatic rings. The van der Waals surface area contributed by atoms with Gasteiger partial charge >= 0.3 is 18.0 Å². The van der Waals surface area contributed by atoms with Gasteiger partial charge in [0.2, 0.25) is 5.91 Å². The lowest BCUT2D eigenvalue weighted by Crippen LogP contribution is -2.39. The molecule has 0 aliphatic carbocycles. The number of carbonyl (C=O) groups is 3.